The molecule has 1 aromatic carbocycles. The van der Waals surface area contributed by atoms with Gasteiger partial charge in [-0.15, -0.1) is 0 Å². The van der Waals surface area contributed by atoms with Crippen molar-refractivity contribution in [2.75, 3.05) is 27.6 Å². The Morgan fingerprint density at radius 2 is 1.92 bits per heavy atom. The number of benzene rings is 1. The van der Waals surface area contributed by atoms with Gasteiger partial charge < -0.3 is 24.1 Å². The van der Waals surface area contributed by atoms with Crippen LogP contribution in [0.25, 0.3) is 10.4 Å². The SMILES string of the molecule is COCOCCc1cc([C@@H](C[C@H](C)C(=O)O)[C@@H](C[C@H](N=[N+]=[N-])[C@@H]2C[C@@H](C(C)C)C(=O)O2)C(C)C)ccc1OC. The summed E-state index contributed by atoms with van der Waals surface area (Å²) in [6.07, 6.45) is 1.49. The highest BCUT2D eigenvalue weighted by Crippen LogP contribution is 2.42. The summed E-state index contributed by atoms with van der Waals surface area (Å²) < 4.78 is 21.8. The standard InChI is InChI=1S/C29H45N3O7/c1-17(2)22(14-25(31-32-30)27-15-23(18(3)4)29(35)39-27)24(12-19(5)28(33)34)20-8-9-26(37-7)21(13-20)10-11-38-16-36-6/h8-9,13,17-19,22-25,27H,10-12,14-16H2,1-7H3,(H,33,34)/t19-,22-,23-,24+,25-,27-/m0/s1. The van der Waals surface area contributed by atoms with Crippen molar-refractivity contribution in [3.63, 3.8) is 0 Å². The second kappa shape index (κ2) is 15.7. The maximum Gasteiger partial charge on any atom is 0.309 e. The Balaban J connectivity index is 2.45. The van der Waals surface area contributed by atoms with Gasteiger partial charge in [0.2, 0.25) is 0 Å². The molecule has 0 aliphatic carbocycles. The molecule has 2 rings (SSSR count). The van der Waals surface area contributed by atoms with Gasteiger partial charge in [-0.05, 0) is 72.1 Å². The number of rotatable bonds is 17. The lowest BCUT2D eigenvalue weighted by Gasteiger charge is -2.35. The molecule has 0 radical (unpaired) electrons. The average Bonchev–Trinajstić information content (AvgIpc) is 3.29. The van der Waals surface area contributed by atoms with E-state index in [0.29, 0.717) is 32.3 Å². The fourth-order valence-electron chi connectivity index (χ4n) is 5.52. The first-order chi connectivity index (χ1) is 18.5. The molecule has 1 aromatic rings. The van der Waals surface area contributed by atoms with E-state index in [1.54, 1.807) is 21.1 Å². The van der Waals surface area contributed by atoms with Gasteiger partial charge in [0.1, 0.15) is 18.6 Å². The maximum absolute atomic E-state index is 12.5. The van der Waals surface area contributed by atoms with Crippen molar-refractivity contribution in [3.05, 3.63) is 39.8 Å². The number of ether oxygens (including phenoxy) is 4. The Kier molecular flexibility index (Phi) is 13.0. The Morgan fingerprint density at radius 1 is 1.21 bits per heavy atom. The summed E-state index contributed by atoms with van der Waals surface area (Å²) in [5, 5.41) is 13.9. The monoisotopic (exact) mass is 547 g/mol. The number of methoxy groups -OCH3 is 2. The fraction of sp³-hybridized carbons (Fsp3) is 0.724. The summed E-state index contributed by atoms with van der Waals surface area (Å²) in [6.45, 7) is 10.5. The van der Waals surface area contributed by atoms with Crippen molar-refractivity contribution in [2.24, 2.45) is 34.7 Å². The first kappa shape index (κ1) is 32.4. The molecule has 0 bridgehead atoms. The fourth-order valence-corrected chi connectivity index (χ4v) is 5.52. The predicted molar refractivity (Wildman–Crippen MR) is 147 cm³/mol. The topological polar surface area (TPSA) is 140 Å². The van der Waals surface area contributed by atoms with Crippen LogP contribution >= 0.6 is 0 Å². The molecule has 0 unspecified atom stereocenters. The second-order valence-corrected chi connectivity index (χ2v) is 11.2. The van der Waals surface area contributed by atoms with E-state index < -0.39 is 24.0 Å². The zero-order valence-electron chi connectivity index (χ0n) is 24.3. The lowest BCUT2D eigenvalue weighted by atomic mass is 9.71. The van der Waals surface area contributed by atoms with Gasteiger partial charge in [-0.3, -0.25) is 9.59 Å². The second-order valence-electron chi connectivity index (χ2n) is 11.2. The van der Waals surface area contributed by atoms with Crippen LogP contribution < -0.4 is 4.74 Å². The molecule has 1 aliphatic rings. The van der Waals surface area contributed by atoms with Crippen molar-refractivity contribution >= 4 is 11.9 Å². The van der Waals surface area contributed by atoms with E-state index in [1.807, 2.05) is 26.0 Å². The first-order valence-electron chi connectivity index (χ1n) is 13.7. The van der Waals surface area contributed by atoms with Gasteiger partial charge in [-0.1, -0.05) is 51.9 Å². The van der Waals surface area contributed by atoms with Crippen LogP contribution in [0.15, 0.2) is 23.3 Å². The molecular formula is C29H45N3O7. The highest BCUT2D eigenvalue weighted by Gasteiger charge is 2.42. The van der Waals surface area contributed by atoms with Gasteiger partial charge in [0.05, 0.1) is 31.6 Å². The van der Waals surface area contributed by atoms with Crippen molar-refractivity contribution in [1.29, 1.82) is 0 Å². The van der Waals surface area contributed by atoms with E-state index in [-0.39, 0.29) is 42.4 Å². The molecular weight excluding hydrogens is 502 g/mol. The average molecular weight is 548 g/mol. The molecule has 6 atom stereocenters. The third-order valence-corrected chi connectivity index (χ3v) is 7.86. The number of carbonyl (C=O) groups is 2. The van der Waals surface area contributed by atoms with Crippen LogP contribution in [-0.2, 0) is 30.2 Å². The number of carboxylic acid groups (broad SMARTS) is 1. The first-order valence-corrected chi connectivity index (χ1v) is 13.7. The summed E-state index contributed by atoms with van der Waals surface area (Å²) in [4.78, 5) is 27.5. The molecule has 1 fully saturated rings. The van der Waals surface area contributed by atoms with Crippen molar-refractivity contribution in [3.8, 4) is 5.75 Å². The molecule has 0 spiro atoms. The van der Waals surface area contributed by atoms with Crippen LogP contribution in [0.5, 0.6) is 5.75 Å². The molecule has 10 heteroatoms. The van der Waals surface area contributed by atoms with Gasteiger partial charge in [-0.2, -0.15) is 0 Å². The molecule has 218 valence electrons. The third kappa shape index (κ3) is 9.12. The van der Waals surface area contributed by atoms with Crippen molar-refractivity contribution in [1.82, 2.24) is 0 Å². The molecule has 1 heterocycles. The van der Waals surface area contributed by atoms with Crippen LogP contribution in [0.1, 0.15) is 70.9 Å². The summed E-state index contributed by atoms with van der Waals surface area (Å²) in [5.41, 5.74) is 11.3. The molecule has 0 aromatic heterocycles. The smallest absolute Gasteiger partial charge is 0.309 e. The van der Waals surface area contributed by atoms with Crippen LogP contribution in [0.4, 0.5) is 0 Å². The highest BCUT2D eigenvalue weighted by molar-refractivity contribution is 5.75. The molecule has 1 aliphatic heterocycles. The number of aliphatic carboxylic acids is 1. The van der Waals surface area contributed by atoms with Crippen LogP contribution in [0.3, 0.4) is 0 Å². The minimum Gasteiger partial charge on any atom is -0.496 e. The number of azide groups is 1. The van der Waals surface area contributed by atoms with Crippen LogP contribution in [0.2, 0.25) is 0 Å². The van der Waals surface area contributed by atoms with E-state index in [9.17, 15) is 20.2 Å². The summed E-state index contributed by atoms with van der Waals surface area (Å²) >= 11 is 0. The van der Waals surface area contributed by atoms with Gasteiger partial charge >= 0.3 is 11.9 Å². The van der Waals surface area contributed by atoms with Gasteiger partial charge in [0.25, 0.3) is 0 Å². The van der Waals surface area contributed by atoms with Crippen LogP contribution in [-0.4, -0.2) is 56.8 Å². The molecule has 0 amide bonds. The largest absolute Gasteiger partial charge is 0.496 e. The van der Waals surface area contributed by atoms with Gasteiger partial charge in [-0.25, -0.2) is 0 Å². The number of cyclic esters (lactones) is 1. The zero-order valence-corrected chi connectivity index (χ0v) is 24.3. The molecule has 1 saturated heterocycles. The molecule has 39 heavy (non-hydrogen) atoms. The number of hydrogen-bond donors (Lipinski definition) is 1. The van der Waals surface area contributed by atoms with E-state index in [1.165, 1.54) is 0 Å². The molecule has 1 N–H and O–H groups in total. The Morgan fingerprint density at radius 3 is 2.46 bits per heavy atom. The summed E-state index contributed by atoms with van der Waals surface area (Å²) in [6, 6.07) is 5.42. The number of esters is 1. The van der Waals surface area contributed by atoms with E-state index in [4.69, 9.17) is 18.9 Å². The highest BCUT2D eigenvalue weighted by atomic mass is 16.7. The Labute approximate surface area is 232 Å². The zero-order chi connectivity index (χ0) is 29.1. The van der Waals surface area contributed by atoms with E-state index in [0.717, 1.165) is 16.9 Å². The lowest BCUT2D eigenvalue weighted by Crippen LogP contribution is -2.32. The summed E-state index contributed by atoms with van der Waals surface area (Å²) in [7, 11) is 3.19. The van der Waals surface area contributed by atoms with Gasteiger partial charge in [0.15, 0.2) is 0 Å². The van der Waals surface area contributed by atoms with E-state index in [2.05, 4.69) is 29.9 Å². The quantitative estimate of drug-likeness (QED) is 0.0631. The minimum atomic E-state index is -0.861. The maximum atomic E-state index is 12.5. The third-order valence-electron chi connectivity index (χ3n) is 7.86. The normalized spacial score (nSPS) is 20.3. The van der Waals surface area contributed by atoms with Crippen LogP contribution in [0, 0.1) is 29.6 Å². The minimum absolute atomic E-state index is 0.0370. The van der Waals surface area contributed by atoms with Crippen molar-refractivity contribution in [2.45, 2.75) is 78.4 Å². The van der Waals surface area contributed by atoms with Gasteiger partial charge in [0, 0.05) is 12.0 Å². The number of carbonyl (C=O) groups excluding carboxylic acids is 1. The van der Waals surface area contributed by atoms with E-state index >= 15 is 0 Å². The predicted octanol–water partition coefficient (Wildman–Crippen LogP) is 5.98. The van der Waals surface area contributed by atoms with Crippen molar-refractivity contribution < 1.29 is 33.6 Å². The lowest BCUT2D eigenvalue weighted by molar-refractivity contribution is -0.146. The number of nitrogens with zero attached hydrogens (tertiary/aromatic N) is 3. The molecule has 0 saturated carbocycles. The Bertz CT molecular complexity index is 993. The summed E-state index contributed by atoms with van der Waals surface area (Å²) in [5.74, 6) is -1.10. The molecule has 10 nitrogen and oxygen atoms in total. The number of carboxylic acids is 1. The number of hydrogen-bond acceptors (Lipinski definition) is 7. The Hall–Kier alpha value is -2.81.